The Balaban J connectivity index is 1.29. The summed E-state index contributed by atoms with van der Waals surface area (Å²) >= 11 is -1.07. The molecule has 1 fully saturated rings. The van der Waals surface area contributed by atoms with Gasteiger partial charge in [-0.05, 0) is 0 Å². The van der Waals surface area contributed by atoms with E-state index in [1.54, 1.807) is 42.5 Å². The number of hydrogen-bond acceptors (Lipinski definition) is 6. The van der Waals surface area contributed by atoms with Crippen LogP contribution in [0.1, 0.15) is 20.7 Å². The summed E-state index contributed by atoms with van der Waals surface area (Å²) in [4.78, 5) is 35.4. The molecule has 1 saturated heterocycles. The number of hydrogen-bond donors (Lipinski definition) is 1. The van der Waals surface area contributed by atoms with Gasteiger partial charge in [-0.25, -0.2) is 0 Å². The van der Waals surface area contributed by atoms with Gasteiger partial charge < -0.3 is 0 Å². The van der Waals surface area contributed by atoms with Crippen LogP contribution in [-0.4, -0.2) is 41.2 Å². The van der Waals surface area contributed by atoms with Crippen LogP contribution in [0.4, 0.5) is 4.79 Å². The zero-order chi connectivity index (χ0) is 19.1. The normalized spacial score (nSPS) is 17.9. The van der Waals surface area contributed by atoms with E-state index in [0.717, 1.165) is 0 Å². The Morgan fingerprint density at radius 3 is 2.15 bits per heavy atom. The molecule has 0 aromatic heterocycles. The topological polar surface area (TPSA) is 94.2 Å². The first kappa shape index (κ1) is 19.5. The van der Waals surface area contributed by atoms with Crippen molar-refractivity contribution < 1.29 is 48.5 Å². The van der Waals surface area contributed by atoms with Crippen LogP contribution >= 0.6 is 0 Å². The van der Waals surface area contributed by atoms with Crippen molar-refractivity contribution in [3.05, 3.63) is 71.8 Å². The predicted octanol–water partition coefficient (Wildman–Crippen LogP) is -0.819. The van der Waals surface area contributed by atoms with E-state index in [1.165, 1.54) is 0 Å². The molecule has 0 unspecified atom stereocenters. The molecule has 3 rings (SSSR count). The number of imide groups is 1. The SMILES string of the molecule is O=C(NC(=O)c1ccccc1)OC[C@@H]1O[C@@H]1CO[I-]C(=O)c1ccccc1. The van der Waals surface area contributed by atoms with Crippen LogP contribution in [0.5, 0.6) is 0 Å². The van der Waals surface area contributed by atoms with Crippen molar-refractivity contribution >= 4 is 15.8 Å². The molecule has 0 aliphatic carbocycles. The molecule has 2 aromatic rings. The van der Waals surface area contributed by atoms with Crippen LogP contribution < -0.4 is 26.9 Å². The first-order chi connectivity index (χ1) is 13.1. The number of benzene rings is 2. The molecule has 0 radical (unpaired) electrons. The first-order valence-corrected chi connectivity index (χ1v) is 10.1. The van der Waals surface area contributed by atoms with Crippen molar-refractivity contribution in [2.75, 3.05) is 13.2 Å². The predicted molar refractivity (Wildman–Crippen MR) is 90.6 cm³/mol. The van der Waals surface area contributed by atoms with Gasteiger partial charge in [0.25, 0.3) is 0 Å². The van der Waals surface area contributed by atoms with Gasteiger partial charge in [0.05, 0.1) is 0 Å². The Bertz CT molecular complexity index is 798. The maximum absolute atomic E-state index is 11.9. The third-order valence-corrected chi connectivity index (χ3v) is 5.36. The average molecular weight is 482 g/mol. The molecule has 1 aliphatic rings. The van der Waals surface area contributed by atoms with Crippen molar-refractivity contribution in [2.45, 2.75) is 12.2 Å². The Hall–Kier alpha value is -2.30. The molecule has 27 heavy (non-hydrogen) atoms. The van der Waals surface area contributed by atoms with E-state index in [0.29, 0.717) is 11.1 Å². The van der Waals surface area contributed by atoms with Crippen LogP contribution in [0.15, 0.2) is 60.7 Å². The number of epoxide rings is 1. The Labute approximate surface area is 166 Å². The summed E-state index contributed by atoms with van der Waals surface area (Å²) in [5.74, 6) is -0.527. The summed E-state index contributed by atoms with van der Waals surface area (Å²) in [5.41, 5.74) is 1.01. The van der Waals surface area contributed by atoms with Crippen molar-refractivity contribution in [2.24, 2.45) is 0 Å². The Morgan fingerprint density at radius 2 is 1.48 bits per heavy atom. The van der Waals surface area contributed by atoms with E-state index < -0.39 is 33.6 Å². The molecule has 0 saturated carbocycles. The zero-order valence-corrected chi connectivity index (χ0v) is 16.3. The summed E-state index contributed by atoms with van der Waals surface area (Å²) in [6.45, 7) is 0.303. The zero-order valence-electron chi connectivity index (χ0n) is 14.2. The third kappa shape index (κ3) is 6.12. The number of nitrogens with one attached hydrogen (secondary N) is 1. The number of rotatable bonds is 8. The molecule has 0 spiro atoms. The van der Waals surface area contributed by atoms with E-state index in [2.05, 4.69) is 5.32 Å². The summed E-state index contributed by atoms with van der Waals surface area (Å²) in [6, 6.07) is 17.3. The Morgan fingerprint density at radius 1 is 0.889 bits per heavy atom. The van der Waals surface area contributed by atoms with Gasteiger partial charge in [0, 0.05) is 0 Å². The van der Waals surface area contributed by atoms with Gasteiger partial charge in [-0.3, -0.25) is 0 Å². The molecule has 1 heterocycles. The van der Waals surface area contributed by atoms with E-state index in [9.17, 15) is 14.4 Å². The summed E-state index contributed by atoms with van der Waals surface area (Å²) < 4.78 is 15.8. The standard InChI is InChI=1S/C19H17INO6/c22-17(13-7-3-1-4-8-13)20-26-12-16-15(27-16)11-25-19(24)21-18(23)14-9-5-2-6-10-14/h1-10,15-16H,11-12H2,(H,21,23,24)/q-1/t15-,16+/m0/s1. The van der Waals surface area contributed by atoms with Crippen molar-refractivity contribution in [1.82, 2.24) is 5.32 Å². The fourth-order valence-corrected chi connectivity index (χ4v) is 3.61. The van der Waals surface area contributed by atoms with Crippen molar-refractivity contribution in [3.8, 4) is 0 Å². The number of halogens is 1. The van der Waals surface area contributed by atoms with Crippen LogP contribution in [0.2, 0.25) is 0 Å². The number of ether oxygens (including phenoxy) is 2. The molecule has 8 heteroatoms. The molecule has 7 nitrogen and oxygen atoms in total. The van der Waals surface area contributed by atoms with E-state index in [1.807, 2.05) is 18.2 Å². The molecular formula is C19H17INO6-. The summed E-state index contributed by atoms with van der Waals surface area (Å²) in [5, 5.41) is 2.14. The fourth-order valence-electron chi connectivity index (χ4n) is 2.18. The quantitative estimate of drug-likeness (QED) is 0.301. The maximum atomic E-state index is 11.9. The second kappa shape index (κ2) is 9.58. The fraction of sp³-hybridized carbons (Fsp3) is 0.211. The average Bonchev–Trinajstić information content (AvgIpc) is 3.46. The van der Waals surface area contributed by atoms with Gasteiger partial charge in [-0.1, -0.05) is 6.07 Å². The van der Waals surface area contributed by atoms with Gasteiger partial charge in [-0.15, -0.1) is 0 Å². The monoisotopic (exact) mass is 482 g/mol. The van der Waals surface area contributed by atoms with Crippen LogP contribution in [-0.2, 0) is 12.5 Å². The second-order valence-corrected chi connectivity index (χ2v) is 7.67. The van der Waals surface area contributed by atoms with Gasteiger partial charge in [0.1, 0.15) is 0 Å². The number of carbonyl (C=O) groups excluding carboxylic acids is 3. The third-order valence-electron chi connectivity index (χ3n) is 3.67. The minimum absolute atomic E-state index is 0.00153. The van der Waals surface area contributed by atoms with Crippen molar-refractivity contribution in [3.63, 3.8) is 0 Å². The minimum atomic E-state index is -1.07. The summed E-state index contributed by atoms with van der Waals surface area (Å²) in [7, 11) is 0. The number of amides is 2. The van der Waals surface area contributed by atoms with E-state index >= 15 is 0 Å². The van der Waals surface area contributed by atoms with Gasteiger partial charge in [0.15, 0.2) is 0 Å². The van der Waals surface area contributed by atoms with Crippen LogP contribution in [0.3, 0.4) is 0 Å². The molecule has 142 valence electrons. The second-order valence-electron chi connectivity index (χ2n) is 5.62. The first-order valence-electron chi connectivity index (χ1n) is 8.18. The molecular weight excluding hydrogens is 465 g/mol. The molecule has 2 amide bonds. The van der Waals surface area contributed by atoms with Crippen LogP contribution in [0, 0.1) is 0 Å². The molecule has 0 bridgehead atoms. The van der Waals surface area contributed by atoms with E-state index in [-0.39, 0.29) is 29.2 Å². The van der Waals surface area contributed by atoms with Crippen LogP contribution in [0.25, 0.3) is 0 Å². The molecule has 2 atom stereocenters. The van der Waals surface area contributed by atoms with E-state index in [4.69, 9.17) is 12.5 Å². The summed E-state index contributed by atoms with van der Waals surface area (Å²) in [6.07, 6.45) is -1.31. The Kier molecular flexibility index (Phi) is 6.91. The van der Waals surface area contributed by atoms with Gasteiger partial charge in [-0.2, -0.15) is 0 Å². The van der Waals surface area contributed by atoms with Crippen molar-refractivity contribution in [1.29, 1.82) is 0 Å². The number of carbonyl (C=O) groups is 3. The van der Waals surface area contributed by atoms with Gasteiger partial charge in [0.2, 0.25) is 0 Å². The number of alkyl carbamates (subject to hydrolysis) is 1. The molecule has 2 aromatic carbocycles. The molecule has 1 aliphatic heterocycles. The molecule has 1 N–H and O–H groups in total. The van der Waals surface area contributed by atoms with Gasteiger partial charge >= 0.3 is 161 Å².